The van der Waals surface area contributed by atoms with Crippen LogP contribution in [-0.2, 0) is 9.53 Å². The molecule has 0 aromatic rings. The van der Waals surface area contributed by atoms with Gasteiger partial charge >= 0.3 is 5.97 Å². The quantitative estimate of drug-likeness (QED) is 0.686. The fourth-order valence-electron chi connectivity index (χ4n) is 2.69. The highest BCUT2D eigenvalue weighted by molar-refractivity contribution is 5.69. The SMILES string of the molecule is CCC(C)CC(=O)OC1CN2CCC1CC2. The first-order chi connectivity index (χ1) is 7.69. The molecule has 3 fully saturated rings. The topological polar surface area (TPSA) is 29.5 Å². The van der Waals surface area contributed by atoms with Crippen molar-refractivity contribution >= 4 is 5.97 Å². The molecule has 0 radical (unpaired) electrons. The molecule has 3 heteroatoms. The van der Waals surface area contributed by atoms with Crippen LogP contribution in [0.25, 0.3) is 0 Å². The zero-order valence-electron chi connectivity index (χ0n) is 10.4. The lowest BCUT2D eigenvalue weighted by Crippen LogP contribution is -2.52. The number of esters is 1. The van der Waals surface area contributed by atoms with Gasteiger partial charge in [-0.05, 0) is 37.8 Å². The number of nitrogens with zero attached hydrogens (tertiary/aromatic N) is 1. The number of hydrogen-bond acceptors (Lipinski definition) is 3. The number of fused-ring (bicyclic) bond motifs is 3. The Kier molecular flexibility index (Phi) is 3.85. The fourth-order valence-corrected chi connectivity index (χ4v) is 2.69. The number of piperidine rings is 3. The number of rotatable bonds is 4. The zero-order valence-corrected chi connectivity index (χ0v) is 10.4. The minimum atomic E-state index is 0.00750. The van der Waals surface area contributed by atoms with Crippen LogP contribution in [0.2, 0.25) is 0 Å². The van der Waals surface area contributed by atoms with Crippen LogP contribution >= 0.6 is 0 Å². The summed E-state index contributed by atoms with van der Waals surface area (Å²) in [6.45, 7) is 7.59. The van der Waals surface area contributed by atoms with E-state index >= 15 is 0 Å². The van der Waals surface area contributed by atoms with Crippen LogP contribution in [0.3, 0.4) is 0 Å². The van der Waals surface area contributed by atoms with Gasteiger partial charge in [0.1, 0.15) is 6.10 Å². The van der Waals surface area contributed by atoms with Crippen LogP contribution in [0.5, 0.6) is 0 Å². The van der Waals surface area contributed by atoms with E-state index in [4.69, 9.17) is 4.74 Å². The Bertz CT molecular complexity index is 246. The van der Waals surface area contributed by atoms with E-state index in [1.165, 1.54) is 25.9 Å². The summed E-state index contributed by atoms with van der Waals surface area (Å²) in [4.78, 5) is 14.1. The summed E-state index contributed by atoms with van der Waals surface area (Å²) in [5, 5.41) is 0. The Morgan fingerprint density at radius 2 is 2.12 bits per heavy atom. The smallest absolute Gasteiger partial charge is 0.306 e. The van der Waals surface area contributed by atoms with Gasteiger partial charge in [0, 0.05) is 13.0 Å². The molecule has 0 amide bonds. The van der Waals surface area contributed by atoms with E-state index < -0.39 is 0 Å². The minimum Gasteiger partial charge on any atom is -0.461 e. The van der Waals surface area contributed by atoms with E-state index in [1.807, 2.05) is 0 Å². The summed E-state index contributed by atoms with van der Waals surface area (Å²) in [7, 11) is 0. The summed E-state index contributed by atoms with van der Waals surface area (Å²) in [5.41, 5.74) is 0. The molecule has 16 heavy (non-hydrogen) atoms. The van der Waals surface area contributed by atoms with Gasteiger partial charge < -0.3 is 4.74 Å². The molecule has 3 heterocycles. The van der Waals surface area contributed by atoms with Gasteiger partial charge in [0.25, 0.3) is 0 Å². The zero-order chi connectivity index (χ0) is 11.5. The van der Waals surface area contributed by atoms with Gasteiger partial charge in [0.15, 0.2) is 0 Å². The van der Waals surface area contributed by atoms with Crippen molar-refractivity contribution in [2.24, 2.45) is 11.8 Å². The highest BCUT2D eigenvalue weighted by Gasteiger charge is 2.36. The Balaban J connectivity index is 1.79. The maximum absolute atomic E-state index is 11.7. The van der Waals surface area contributed by atoms with Crippen molar-refractivity contribution in [3.8, 4) is 0 Å². The van der Waals surface area contributed by atoms with E-state index in [0.29, 0.717) is 18.3 Å². The number of hydrogen-bond donors (Lipinski definition) is 0. The van der Waals surface area contributed by atoms with Gasteiger partial charge in [0.2, 0.25) is 0 Å². The van der Waals surface area contributed by atoms with Crippen molar-refractivity contribution in [2.45, 2.75) is 45.6 Å². The van der Waals surface area contributed by atoms with Gasteiger partial charge in [-0.3, -0.25) is 9.69 Å². The highest BCUT2D eigenvalue weighted by atomic mass is 16.5. The van der Waals surface area contributed by atoms with E-state index in [-0.39, 0.29) is 12.1 Å². The van der Waals surface area contributed by atoms with Crippen LogP contribution < -0.4 is 0 Å². The molecular formula is C13H23NO2. The highest BCUT2D eigenvalue weighted by Crippen LogP contribution is 2.29. The number of carbonyl (C=O) groups is 1. The van der Waals surface area contributed by atoms with Crippen molar-refractivity contribution in [2.75, 3.05) is 19.6 Å². The van der Waals surface area contributed by atoms with Gasteiger partial charge in [-0.2, -0.15) is 0 Å². The lowest BCUT2D eigenvalue weighted by molar-refractivity contribution is -0.159. The summed E-state index contributed by atoms with van der Waals surface area (Å²) in [6.07, 6.45) is 4.23. The van der Waals surface area contributed by atoms with Crippen molar-refractivity contribution in [1.82, 2.24) is 4.90 Å². The van der Waals surface area contributed by atoms with Crippen LogP contribution in [0.4, 0.5) is 0 Å². The predicted octanol–water partition coefficient (Wildman–Crippen LogP) is 2.06. The molecule has 0 spiro atoms. The first kappa shape index (κ1) is 11.9. The van der Waals surface area contributed by atoms with Crippen molar-refractivity contribution in [1.29, 1.82) is 0 Å². The molecule has 3 saturated heterocycles. The monoisotopic (exact) mass is 225 g/mol. The molecule has 0 aromatic carbocycles. The second-order valence-corrected chi connectivity index (χ2v) is 5.38. The molecular weight excluding hydrogens is 202 g/mol. The first-order valence-electron chi connectivity index (χ1n) is 6.61. The predicted molar refractivity (Wildman–Crippen MR) is 63.1 cm³/mol. The fraction of sp³-hybridized carbons (Fsp3) is 0.923. The molecule has 3 rings (SSSR count). The number of ether oxygens (including phenoxy) is 1. The maximum atomic E-state index is 11.7. The third-order valence-electron chi connectivity index (χ3n) is 4.09. The summed E-state index contributed by atoms with van der Waals surface area (Å²) < 4.78 is 5.62. The Hall–Kier alpha value is -0.570. The summed E-state index contributed by atoms with van der Waals surface area (Å²) in [5.74, 6) is 1.09. The van der Waals surface area contributed by atoms with E-state index in [9.17, 15) is 4.79 Å². The second-order valence-electron chi connectivity index (χ2n) is 5.38. The minimum absolute atomic E-state index is 0.00750. The molecule has 0 aliphatic carbocycles. The van der Waals surface area contributed by atoms with E-state index in [2.05, 4.69) is 18.7 Å². The lowest BCUT2D eigenvalue weighted by atomic mass is 9.86. The molecule has 0 aromatic heterocycles. The number of carbonyl (C=O) groups excluding carboxylic acids is 1. The average molecular weight is 225 g/mol. The van der Waals surface area contributed by atoms with Crippen LogP contribution in [-0.4, -0.2) is 36.6 Å². The molecule has 3 nitrogen and oxygen atoms in total. The molecule has 0 saturated carbocycles. The molecule has 3 aliphatic heterocycles. The molecule has 92 valence electrons. The molecule has 3 aliphatic rings. The van der Waals surface area contributed by atoms with Gasteiger partial charge in [0.05, 0.1) is 0 Å². The normalized spacial score (nSPS) is 34.8. The van der Waals surface area contributed by atoms with Crippen molar-refractivity contribution < 1.29 is 9.53 Å². The van der Waals surface area contributed by atoms with E-state index in [1.54, 1.807) is 0 Å². The molecule has 2 atom stereocenters. The van der Waals surface area contributed by atoms with Crippen molar-refractivity contribution in [3.05, 3.63) is 0 Å². The third kappa shape index (κ3) is 2.76. The summed E-state index contributed by atoms with van der Waals surface area (Å²) >= 11 is 0. The Labute approximate surface area is 98.1 Å². The largest absolute Gasteiger partial charge is 0.461 e. The molecule has 2 bridgehead atoms. The van der Waals surface area contributed by atoms with E-state index in [0.717, 1.165) is 13.0 Å². The Morgan fingerprint density at radius 1 is 1.44 bits per heavy atom. The molecule has 2 unspecified atom stereocenters. The second kappa shape index (κ2) is 5.17. The van der Waals surface area contributed by atoms with Crippen LogP contribution in [0.1, 0.15) is 39.5 Å². The van der Waals surface area contributed by atoms with Crippen LogP contribution in [0, 0.1) is 11.8 Å². The van der Waals surface area contributed by atoms with Crippen molar-refractivity contribution in [3.63, 3.8) is 0 Å². The van der Waals surface area contributed by atoms with Gasteiger partial charge in [-0.15, -0.1) is 0 Å². The standard InChI is InChI=1S/C13H23NO2/c1-3-10(2)8-13(15)16-12-9-14-6-4-11(12)5-7-14/h10-12H,3-9H2,1-2H3. The van der Waals surface area contributed by atoms with Gasteiger partial charge in [-0.25, -0.2) is 0 Å². The summed E-state index contributed by atoms with van der Waals surface area (Å²) in [6, 6.07) is 0. The van der Waals surface area contributed by atoms with Gasteiger partial charge in [-0.1, -0.05) is 20.3 Å². The van der Waals surface area contributed by atoms with Crippen LogP contribution in [0.15, 0.2) is 0 Å². The first-order valence-corrected chi connectivity index (χ1v) is 6.61. The lowest BCUT2D eigenvalue weighted by Gasteiger charge is -2.44. The third-order valence-corrected chi connectivity index (χ3v) is 4.09. The molecule has 0 N–H and O–H groups in total. The average Bonchev–Trinajstić information content (AvgIpc) is 2.30. The Morgan fingerprint density at radius 3 is 2.62 bits per heavy atom. The maximum Gasteiger partial charge on any atom is 0.306 e.